The molecule has 2 fully saturated rings. The number of carbonyl (C=O) groups is 2. The molecule has 2 aliphatic heterocycles. The van der Waals surface area contributed by atoms with Gasteiger partial charge in [-0.05, 0) is 37.1 Å². The average Bonchev–Trinajstić information content (AvgIpc) is 3.45. The second-order valence-electron chi connectivity index (χ2n) is 8.49. The molecule has 1 aromatic carbocycles. The van der Waals surface area contributed by atoms with Crippen LogP contribution in [-0.4, -0.2) is 55.8 Å². The minimum atomic E-state index is -0.470. The highest BCUT2D eigenvalue weighted by Gasteiger charge is 2.51. The molecule has 2 aliphatic rings. The van der Waals surface area contributed by atoms with E-state index in [-0.39, 0.29) is 23.9 Å². The van der Waals surface area contributed by atoms with Crippen molar-refractivity contribution < 1.29 is 9.59 Å². The molecule has 2 aromatic heterocycles. The van der Waals surface area contributed by atoms with E-state index < -0.39 is 5.41 Å². The van der Waals surface area contributed by atoms with Gasteiger partial charge in [0.1, 0.15) is 0 Å². The third-order valence-corrected chi connectivity index (χ3v) is 6.62. The lowest BCUT2D eigenvalue weighted by Crippen LogP contribution is -2.38. The van der Waals surface area contributed by atoms with Crippen LogP contribution in [0.5, 0.6) is 0 Å². The first kappa shape index (κ1) is 19.5. The highest BCUT2D eigenvalue weighted by atomic mass is 16.2. The second-order valence-corrected chi connectivity index (χ2v) is 8.49. The molecule has 8 nitrogen and oxygen atoms in total. The quantitative estimate of drug-likeness (QED) is 0.682. The van der Waals surface area contributed by atoms with E-state index in [1.807, 2.05) is 47.4 Å². The van der Waals surface area contributed by atoms with Gasteiger partial charge in [-0.15, -0.1) is 0 Å². The Hall–Kier alpha value is -3.42. The maximum absolute atomic E-state index is 13.1. The largest absolute Gasteiger partial charge is 0.342 e. The first-order valence-corrected chi connectivity index (χ1v) is 10.7. The van der Waals surface area contributed by atoms with Crippen molar-refractivity contribution in [1.82, 2.24) is 24.3 Å². The van der Waals surface area contributed by atoms with Crippen LogP contribution in [0.15, 0.2) is 53.5 Å². The van der Waals surface area contributed by atoms with E-state index in [4.69, 9.17) is 0 Å². The summed E-state index contributed by atoms with van der Waals surface area (Å²) in [5.74, 6) is 0.117. The lowest BCUT2D eigenvalue weighted by atomic mass is 9.85. The number of imidazole rings is 1. The summed E-state index contributed by atoms with van der Waals surface area (Å²) in [4.78, 5) is 49.1. The molecule has 1 unspecified atom stereocenters. The predicted molar refractivity (Wildman–Crippen MR) is 115 cm³/mol. The number of pyridine rings is 1. The molecule has 2 saturated heterocycles. The molecule has 1 N–H and O–H groups in total. The van der Waals surface area contributed by atoms with Gasteiger partial charge in [0.15, 0.2) is 0 Å². The van der Waals surface area contributed by atoms with Crippen LogP contribution < -0.4 is 5.69 Å². The van der Waals surface area contributed by atoms with Gasteiger partial charge in [0, 0.05) is 38.8 Å². The van der Waals surface area contributed by atoms with Crippen molar-refractivity contribution in [3.8, 4) is 0 Å². The monoisotopic (exact) mass is 419 g/mol. The third kappa shape index (κ3) is 3.52. The summed E-state index contributed by atoms with van der Waals surface area (Å²) in [7, 11) is 0. The van der Waals surface area contributed by atoms with Crippen molar-refractivity contribution >= 4 is 22.8 Å². The number of likely N-dealkylation sites (tertiary alicyclic amines) is 2. The number of nitrogens with one attached hydrogen (secondary N) is 1. The second kappa shape index (κ2) is 7.68. The van der Waals surface area contributed by atoms with Gasteiger partial charge in [-0.25, -0.2) is 4.79 Å². The van der Waals surface area contributed by atoms with Crippen LogP contribution in [0, 0.1) is 5.41 Å². The predicted octanol–water partition coefficient (Wildman–Crippen LogP) is 1.77. The Labute approximate surface area is 179 Å². The molecule has 0 aliphatic carbocycles. The normalized spacial score (nSPS) is 21.0. The molecule has 5 rings (SSSR count). The Bertz CT molecular complexity index is 1180. The zero-order valence-electron chi connectivity index (χ0n) is 17.3. The van der Waals surface area contributed by atoms with Crippen LogP contribution in [0.1, 0.15) is 25.0 Å². The molecule has 3 aromatic rings. The number of aromatic amines is 1. The highest BCUT2D eigenvalue weighted by molar-refractivity contribution is 5.87. The average molecular weight is 419 g/mol. The highest BCUT2D eigenvalue weighted by Crippen LogP contribution is 2.41. The number of aryl methyl sites for hydroxylation is 1. The zero-order chi connectivity index (χ0) is 21.4. The topological polar surface area (TPSA) is 91.3 Å². The fourth-order valence-corrected chi connectivity index (χ4v) is 4.89. The summed E-state index contributed by atoms with van der Waals surface area (Å²) in [6, 6.07) is 13.2. The molecular formula is C23H25N5O3. The van der Waals surface area contributed by atoms with Gasteiger partial charge >= 0.3 is 5.69 Å². The van der Waals surface area contributed by atoms with Crippen LogP contribution >= 0.6 is 0 Å². The van der Waals surface area contributed by atoms with Gasteiger partial charge in [0.05, 0.1) is 28.7 Å². The molecule has 1 spiro atoms. The Kier molecular flexibility index (Phi) is 4.84. The number of amides is 2. The van der Waals surface area contributed by atoms with E-state index in [0.717, 1.165) is 23.1 Å². The maximum Gasteiger partial charge on any atom is 0.326 e. The summed E-state index contributed by atoms with van der Waals surface area (Å²) in [5, 5.41) is 0. The van der Waals surface area contributed by atoms with Gasteiger partial charge < -0.3 is 14.8 Å². The third-order valence-electron chi connectivity index (χ3n) is 6.62. The number of fused-ring (bicyclic) bond motifs is 1. The van der Waals surface area contributed by atoms with E-state index in [9.17, 15) is 14.4 Å². The van der Waals surface area contributed by atoms with E-state index >= 15 is 0 Å². The number of H-pyrrole nitrogens is 1. The molecule has 31 heavy (non-hydrogen) atoms. The Balaban J connectivity index is 1.22. The van der Waals surface area contributed by atoms with Crippen molar-refractivity contribution in [3.63, 3.8) is 0 Å². The Morgan fingerprint density at radius 1 is 1.06 bits per heavy atom. The summed E-state index contributed by atoms with van der Waals surface area (Å²) in [5.41, 5.74) is 1.77. The van der Waals surface area contributed by atoms with Crippen LogP contribution in [-0.2, 0) is 22.7 Å². The molecule has 1 atom stereocenters. The van der Waals surface area contributed by atoms with Crippen molar-refractivity contribution in [2.24, 2.45) is 5.41 Å². The lowest BCUT2D eigenvalue weighted by molar-refractivity contribution is -0.137. The minimum Gasteiger partial charge on any atom is -0.342 e. The number of aromatic nitrogens is 3. The van der Waals surface area contributed by atoms with Crippen LogP contribution in [0.3, 0.4) is 0 Å². The summed E-state index contributed by atoms with van der Waals surface area (Å²) in [6.07, 6.45) is 3.44. The van der Waals surface area contributed by atoms with Gasteiger partial charge in [-0.2, -0.15) is 0 Å². The number of nitrogens with zero attached hydrogens (tertiary/aromatic N) is 4. The summed E-state index contributed by atoms with van der Waals surface area (Å²) >= 11 is 0. The van der Waals surface area contributed by atoms with Crippen molar-refractivity contribution in [3.05, 3.63) is 64.8 Å². The van der Waals surface area contributed by atoms with Crippen molar-refractivity contribution in [1.29, 1.82) is 0 Å². The molecule has 0 saturated carbocycles. The Morgan fingerprint density at radius 3 is 2.71 bits per heavy atom. The molecular weight excluding hydrogens is 394 g/mol. The van der Waals surface area contributed by atoms with Crippen LogP contribution in [0.4, 0.5) is 0 Å². The first-order chi connectivity index (χ1) is 15.1. The zero-order valence-corrected chi connectivity index (χ0v) is 17.3. The van der Waals surface area contributed by atoms with Gasteiger partial charge in [-0.3, -0.25) is 19.1 Å². The van der Waals surface area contributed by atoms with Gasteiger partial charge in [0.25, 0.3) is 0 Å². The first-order valence-electron chi connectivity index (χ1n) is 10.7. The summed E-state index contributed by atoms with van der Waals surface area (Å²) in [6.45, 7) is 2.59. The lowest BCUT2D eigenvalue weighted by Gasteiger charge is -2.23. The van der Waals surface area contributed by atoms with Crippen LogP contribution in [0.25, 0.3) is 11.0 Å². The van der Waals surface area contributed by atoms with E-state index in [2.05, 4.69) is 9.97 Å². The smallest absolute Gasteiger partial charge is 0.326 e. The van der Waals surface area contributed by atoms with Gasteiger partial charge in [-0.1, -0.05) is 18.2 Å². The molecule has 0 bridgehead atoms. The minimum absolute atomic E-state index is 0.00923. The fourth-order valence-electron chi connectivity index (χ4n) is 4.89. The Morgan fingerprint density at radius 2 is 1.87 bits per heavy atom. The van der Waals surface area contributed by atoms with Crippen molar-refractivity contribution in [2.45, 2.75) is 32.4 Å². The number of benzene rings is 1. The molecule has 2 amide bonds. The number of para-hydroxylation sites is 2. The molecule has 0 radical (unpaired) electrons. The number of carbonyl (C=O) groups excluding carboxylic acids is 2. The van der Waals surface area contributed by atoms with Crippen molar-refractivity contribution in [2.75, 3.05) is 19.6 Å². The number of rotatable bonds is 5. The summed E-state index contributed by atoms with van der Waals surface area (Å²) < 4.78 is 1.61. The fraction of sp³-hybridized carbons (Fsp3) is 0.391. The standard InChI is InChI=1S/C23H25N5O3/c29-20(8-12-28-19-7-2-1-6-18(19)25-22(28)31)27-14-10-23(16-27)9-13-26(21(23)30)15-17-5-3-4-11-24-17/h1-7,11H,8-10,12-16H2,(H,25,31). The van der Waals surface area contributed by atoms with E-state index in [0.29, 0.717) is 39.1 Å². The maximum atomic E-state index is 13.1. The van der Waals surface area contributed by atoms with Gasteiger partial charge in [0.2, 0.25) is 11.8 Å². The molecule has 8 heteroatoms. The van der Waals surface area contributed by atoms with Crippen LogP contribution in [0.2, 0.25) is 0 Å². The SMILES string of the molecule is O=C(CCn1c(=O)[nH]c2ccccc21)N1CCC2(CCN(Cc3ccccn3)C2=O)C1. The number of hydrogen-bond donors (Lipinski definition) is 1. The molecule has 160 valence electrons. The van der Waals surface area contributed by atoms with E-state index in [1.165, 1.54) is 0 Å². The number of hydrogen-bond acceptors (Lipinski definition) is 4. The van der Waals surface area contributed by atoms with E-state index in [1.54, 1.807) is 15.7 Å². The molecule has 4 heterocycles.